The maximum atomic E-state index is 10.8. The molecule has 132 valence electrons. The SMILES string of the molecule is C=C(C)[C@@H]1CCC(C)=CC1c1c(O)cc(CCCCC)c(I)c1O. The lowest BCUT2D eigenvalue weighted by molar-refractivity contribution is 0.404. The molecule has 0 heterocycles. The van der Waals surface area contributed by atoms with Crippen LogP contribution >= 0.6 is 22.6 Å². The van der Waals surface area contributed by atoms with Crippen LogP contribution in [0.1, 0.15) is 69.9 Å². The first-order chi connectivity index (χ1) is 11.4. The van der Waals surface area contributed by atoms with Crippen molar-refractivity contribution >= 4 is 22.6 Å². The van der Waals surface area contributed by atoms with E-state index < -0.39 is 0 Å². The number of rotatable bonds is 6. The topological polar surface area (TPSA) is 40.5 Å². The first-order valence-electron chi connectivity index (χ1n) is 8.92. The van der Waals surface area contributed by atoms with Crippen molar-refractivity contribution in [3.05, 3.63) is 44.6 Å². The number of hydrogen-bond acceptors (Lipinski definition) is 2. The Morgan fingerprint density at radius 1 is 1.33 bits per heavy atom. The molecular weight excluding hydrogens is 411 g/mol. The number of phenolic OH excluding ortho intramolecular Hbond substituents is 2. The van der Waals surface area contributed by atoms with Gasteiger partial charge in [0, 0.05) is 11.5 Å². The van der Waals surface area contributed by atoms with E-state index in [9.17, 15) is 10.2 Å². The van der Waals surface area contributed by atoms with Gasteiger partial charge in [0.1, 0.15) is 11.5 Å². The molecule has 2 atom stereocenters. The number of unbranched alkanes of at least 4 members (excludes halogenated alkanes) is 2. The molecule has 1 aromatic rings. The van der Waals surface area contributed by atoms with E-state index in [1.807, 2.05) is 13.0 Å². The molecular formula is C21H29IO2. The van der Waals surface area contributed by atoms with Gasteiger partial charge in [-0.25, -0.2) is 0 Å². The zero-order valence-electron chi connectivity index (χ0n) is 15.0. The molecule has 0 radical (unpaired) electrons. The molecule has 0 aliphatic heterocycles. The van der Waals surface area contributed by atoms with Crippen LogP contribution < -0.4 is 0 Å². The van der Waals surface area contributed by atoms with Crippen molar-refractivity contribution in [2.24, 2.45) is 5.92 Å². The third kappa shape index (κ3) is 4.16. The molecule has 24 heavy (non-hydrogen) atoms. The van der Waals surface area contributed by atoms with E-state index in [1.54, 1.807) is 0 Å². The molecule has 3 heteroatoms. The van der Waals surface area contributed by atoms with Crippen LogP contribution in [0.3, 0.4) is 0 Å². The highest BCUT2D eigenvalue weighted by Gasteiger charge is 2.31. The summed E-state index contributed by atoms with van der Waals surface area (Å²) in [6.45, 7) is 10.5. The number of aromatic hydroxyl groups is 2. The number of phenols is 2. The van der Waals surface area contributed by atoms with Crippen molar-refractivity contribution in [2.75, 3.05) is 0 Å². The summed E-state index contributed by atoms with van der Waals surface area (Å²) in [4.78, 5) is 0. The van der Waals surface area contributed by atoms with Crippen molar-refractivity contribution in [3.8, 4) is 11.5 Å². The van der Waals surface area contributed by atoms with E-state index in [-0.39, 0.29) is 23.3 Å². The standard InChI is InChI=1S/C21H29IO2/c1-5-6-7-8-15-12-18(23)19(21(24)20(15)22)17-11-14(4)9-10-16(17)13(2)3/h11-12,16-17,23-24H,2,5-10H2,1,3-4H3/t16-,17?/m0/s1. The summed E-state index contributed by atoms with van der Waals surface area (Å²) in [7, 11) is 0. The number of aryl methyl sites for hydroxylation is 1. The molecule has 0 saturated heterocycles. The molecule has 1 unspecified atom stereocenters. The van der Waals surface area contributed by atoms with Crippen LogP contribution in [0.4, 0.5) is 0 Å². The van der Waals surface area contributed by atoms with Gasteiger partial charge in [0.15, 0.2) is 0 Å². The van der Waals surface area contributed by atoms with Gasteiger partial charge in [0.25, 0.3) is 0 Å². The minimum atomic E-state index is 0.00876. The van der Waals surface area contributed by atoms with Gasteiger partial charge in [-0.3, -0.25) is 0 Å². The normalized spacial score (nSPS) is 20.8. The smallest absolute Gasteiger partial charge is 0.136 e. The van der Waals surface area contributed by atoms with Gasteiger partial charge in [-0.2, -0.15) is 0 Å². The molecule has 0 spiro atoms. The Morgan fingerprint density at radius 2 is 2.04 bits per heavy atom. The maximum absolute atomic E-state index is 10.8. The highest BCUT2D eigenvalue weighted by atomic mass is 127. The van der Waals surface area contributed by atoms with Gasteiger partial charge < -0.3 is 10.2 Å². The van der Waals surface area contributed by atoms with Crippen molar-refractivity contribution in [3.63, 3.8) is 0 Å². The van der Waals surface area contributed by atoms with Crippen molar-refractivity contribution in [2.45, 2.75) is 65.2 Å². The van der Waals surface area contributed by atoms with Crippen LogP contribution in [0.5, 0.6) is 11.5 Å². The van der Waals surface area contributed by atoms with E-state index >= 15 is 0 Å². The third-order valence-corrected chi connectivity index (χ3v) is 6.30. The molecule has 0 bridgehead atoms. The van der Waals surface area contributed by atoms with Crippen molar-refractivity contribution in [1.29, 1.82) is 0 Å². The fraction of sp³-hybridized carbons (Fsp3) is 0.524. The summed E-state index contributed by atoms with van der Waals surface area (Å²) in [5.74, 6) is 0.757. The highest BCUT2D eigenvalue weighted by Crippen LogP contribution is 2.48. The summed E-state index contributed by atoms with van der Waals surface area (Å²) in [6, 6.07) is 1.86. The van der Waals surface area contributed by atoms with Crippen LogP contribution in [0.25, 0.3) is 0 Å². The van der Waals surface area contributed by atoms with Gasteiger partial charge in [0.2, 0.25) is 0 Å². The maximum Gasteiger partial charge on any atom is 0.136 e. The molecule has 0 fully saturated rings. The van der Waals surface area contributed by atoms with Crippen molar-refractivity contribution in [1.82, 2.24) is 0 Å². The second kappa shape index (κ2) is 8.41. The zero-order chi connectivity index (χ0) is 17.9. The average molecular weight is 440 g/mol. The molecule has 1 aliphatic rings. The van der Waals surface area contributed by atoms with Crippen molar-refractivity contribution < 1.29 is 10.2 Å². The summed E-state index contributed by atoms with van der Waals surface area (Å²) in [6.07, 6.45) is 8.60. The quantitative estimate of drug-likeness (QED) is 0.303. The Balaban J connectivity index is 2.44. The first-order valence-corrected chi connectivity index (χ1v) is 10.0. The van der Waals surface area contributed by atoms with Gasteiger partial charge in [-0.15, -0.1) is 0 Å². The highest BCUT2D eigenvalue weighted by molar-refractivity contribution is 14.1. The van der Waals surface area contributed by atoms with Crippen LogP contribution in [-0.2, 0) is 6.42 Å². The number of benzene rings is 1. The molecule has 1 aromatic carbocycles. The number of halogens is 1. The minimum Gasteiger partial charge on any atom is -0.507 e. The summed E-state index contributed by atoms with van der Waals surface area (Å²) in [5, 5.41) is 21.5. The summed E-state index contributed by atoms with van der Waals surface area (Å²) < 4.78 is 0.883. The Morgan fingerprint density at radius 3 is 2.67 bits per heavy atom. The van der Waals surface area contributed by atoms with Crippen LogP contribution in [-0.4, -0.2) is 10.2 Å². The van der Waals surface area contributed by atoms with Gasteiger partial charge >= 0.3 is 0 Å². The summed E-state index contributed by atoms with van der Waals surface area (Å²) >= 11 is 2.22. The monoisotopic (exact) mass is 440 g/mol. The second-order valence-corrected chi connectivity index (χ2v) is 8.20. The molecule has 0 amide bonds. The van der Waals surface area contributed by atoms with Gasteiger partial charge in [0.05, 0.1) is 3.57 Å². The van der Waals surface area contributed by atoms with E-state index in [0.29, 0.717) is 5.56 Å². The first kappa shape index (κ1) is 19.4. The Kier molecular flexibility index (Phi) is 6.79. The fourth-order valence-corrected chi connectivity index (χ4v) is 4.40. The predicted octanol–water partition coefficient (Wildman–Crippen LogP) is 6.45. The molecule has 2 N–H and O–H groups in total. The molecule has 0 saturated carbocycles. The average Bonchev–Trinajstić information content (AvgIpc) is 2.52. The van der Waals surface area contributed by atoms with Crippen LogP contribution in [0.15, 0.2) is 29.9 Å². The minimum absolute atomic E-state index is 0.00876. The molecule has 0 aromatic heterocycles. The Labute approximate surface area is 159 Å². The predicted molar refractivity (Wildman–Crippen MR) is 110 cm³/mol. The molecule has 2 rings (SSSR count). The van der Waals surface area contributed by atoms with Crippen LogP contribution in [0.2, 0.25) is 0 Å². The lowest BCUT2D eigenvalue weighted by Gasteiger charge is -2.31. The van der Waals surface area contributed by atoms with Gasteiger partial charge in [-0.05, 0) is 79.7 Å². The Hall–Kier alpha value is -0.970. The summed E-state index contributed by atoms with van der Waals surface area (Å²) in [5.41, 5.74) is 4.15. The number of allylic oxidation sites excluding steroid dienone is 3. The van der Waals surface area contributed by atoms with E-state index in [2.05, 4.69) is 49.1 Å². The van der Waals surface area contributed by atoms with E-state index in [1.165, 1.54) is 18.4 Å². The van der Waals surface area contributed by atoms with E-state index in [4.69, 9.17) is 0 Å². The van der Waals surface area contributed by atoms with Gasteiger partial charge in [-0.1, -0.05) is 43.6 Å². The molecule has 1 aliphatic carbocycles. The van der Waals surface area contributed by atoms with Crippen LogP contribution in [0, 0.1) is 9.49 Å². The second-order valence-electron chi connectivity index (χ2n) is 7.12. The lowest BCUT2D eigenvalue weighted by atomic mass is 9.73. The van der Waals surface area contributed by atoms with E-state index in [0.717, 1.165) is 40.4 Å². The Bertz CT molecular complexity index is 646. The molecule has 2 nitrogen and oxygen atoms in total. The number of hydrogen-bond donors (Lipinski definition) is 2. The zero-order valence-corrected chi connectivity index (χ0v) is 17.2. The fourth-order valence-electron chi connectivity index (χ4n) is 3.68. The third-order valence-electron chi connectivity index (χ3n) is 5.10. The lowest BCUT2D eigenvalue weighted by Crippen LogP contribution is -2.17. The largest absolute Gasteiger partial charge is 0.507 e.